The number of unbranched alkanes of at least 4 members (excludes halogenated alkanes) is 1. The summed E-state index contributed by atoms with van der Waals surface area (Å²) in [7, 11) is 0. The first-order chi connectivity index (χ1) is 32.9. The topological polar surface area (TPSA) is 198 Å². The third kappa shape index (κ3) is 13.0. The van der Waals surface area contributed by atoms with Crippen LogP contribution in [0.4, 0.5) is 11.4 Å². The van der Waals surface area contributed by atoms with Gasteiger partial charge in [-0.2, -0.15) is 0 Å². The van der Waals surface area contributed by atoms with E-state index >= 15 is 0 Å². The molecule has 1 atom stereocenters. The number of carbonyl (C=O) groups excluding carboxylic acids is 5. The van der Waals surface area contributed by atoms with Crippen molar-refractivity contribution in [1.29, 1.82) is 0 Å². The average molecular weight is 985 g/mol. The van der Waals surface area contributed by atoms with Gasteiger partial charge in [0.05, 0.1) is 28.0 Å². The number of benzene rings is 6. The minimum Gasteiger partial charge on any atom is -0.506 e. The Balaban J connectivity index is 1.24. The Labute approximate surface area is 402 Å². The molecule has 68 heavy (non-hydrogen) atoms. The maximum Gasteiger partial charge on any atom is 0.398 e. The van der Waals surface area contributed by atoms with Crippen molar-refractivity contribution < 1.29 is 53.2 Å². The summed E-state index contributed by atoms with van der Waals surface area (Å²) in [6.45, 7) is 3.30. The van der Waals surface area contributed by atoms with Crippen molar-refractivity contribution in [2.75, 3.05) is 18.1 Å². The van der Waals surface area contributed by atoms with E-state index in [-0.39, 0.29) is 58.9 Å². The quantitative estimate of drug-likeness (QED) is 0.0324. The maximum atomic E-state index is 14.5. The molecule has 6 aromatic carbocycles. The zero-order valence-corrected chi connectivity index (χ0v) is 38.9. The highest BCUT2D eigenvalue weighted by atomic mass is 79.9. The van der Waals surface area contributed by atoms with Crippen molar-refractivity contribution in [2.24, 2.45) is 0 Å². The minimum atomic E-state index is -1.35. The summed E-state index contributed by atoms with van der Waals surface area (Å²) in [4.78, 5) is 81.4. The molecule has 0 aliphatic heterocycles. The van der Waals surface area contributed by atoms with Crippen LogP contribution in [-0.2, 0) is 48.1 Å². The van der Waals surface area contributed by atoms with Crippen LogP contribution < -0.4 is 20.3 Å². The lowest BCUT2D eigenvalue weighted by molar-refractivity contribution is -0.154. The number of nitrogens with zero attached hydrogens (tertiary/aromatic N) is 1. The number of hydrogen-bond donors (Lipinski definition) is 4. The molecule has 6 aromatic rings. The Morgan fingerprint density at radius 1 is 0.735 bits per heavy atom. The number of aromatic carboxylic acids is 1. The van der Waals surface area contributed by atoms with Gasteiger partial charge in [0.1, 0.15) is 29.7 Å². The van der Waals surface area contributed by atoms with Crippen molar-refractivity contribution in [2.45, 2.75) is 58.3 Å². The number of para-hydroxylation sites is 1. The number of rotatable bonds is 20. The first-order valence-electron chi connectivity index (χ1n) is 21.8. The van der Waals surface area contributed by atoms with Crippen LogP contribution in [0.1, 0.15) is 81.3 Å². The number of esters is 2. The SMILES string of the molecule is CCc1cc(CC(NC(C)=O)C(=O)NCCCCOc2ccc(Br)c(O)c2C(=O)O)ccc1N(C(=O)C(=O)OCc1ccccc1)c1ccccc1C(=O)OC(c1ccccc1)c1ccccc1. The molecule has 0 fully saturated rings. The van der Waals surface area contributed by atoms with E-state index in [0.717, 1.165) is 16.0 Å². The number of hydrogen-bond acceptors (Lipinski definition) is 10. The Hall–Kier alpha value is -7.78. The van der Waals surface area contributed by atoms with Crippen molar-refractivity contribution in [3.05, 3.63) is 189 Å². The first kappa shape index (κ1) is 49.6. The van der Waals surface area contributed by atoms with Gasteiger partial charge in [-0.1, -0.05) is 122 Å². The summed E-state index contributed by atoms with van der Waals surface area (Å²) in [5, 5.41) is 25.2. The Bertz CT molecular complexity index is 2700. The standard InChI is InChI=1S/C53H50BrN3O11/c1-3-37-31-36(32-42(56-34(2)58)49(60)55-29-15-16-30-66-45-28-26-41(54)47(59)46(45)51(62)63)25-27-43(37)57(50(61)53(65)67-33-35-17-7-4-8-18-35)44-24-14-13-23-40(44)52(64)68-48(38-19-9-5-10-20-38)39-21-11-6-12-22-39/h4-14,17-28,31,42,48,59H,3,15-16,29-30,32-33H2,1-2H3,(H,55,60)(H,56,58)(H,62,63). The zero-order chi connectivity index (χ0) is 48.6. The Kier molecular flexibility index (Phi) is 17.6. The fraction of sp³-hybridized carbons (Fsp3) is 0.208. The Morgan fingerprint density at radius 3 is 2.00 bits per heavy atom. The van der Waals surface area contributed by atoms with Gasteiger partial charge in [0.15, 0.2) is 6.10 Å². The smallest absolute Gasteiger partial charge is 0.398 e. The van der Waals surface area contributed by atoms with Gasteiger partial charge in [-0.25, -0.2) is 14.4 Å². The van der Waals surface area contributed by atoms with Gasteiger partial charge in [-0.3, -0.25) is 19.3 Å². The number of carboxylic acids is 1. The molecule has 350 valence electrons. The fourth-order valence-electron chi connectivity index (χ4n) is 7.40. The molecule has 0 aliphatic carbocycles. The number of phenols is 1. The maximum absolute atomic E-state index is 14.5. The van der Waals surface area contributed by atoms with Gasteiger partial charge in [0, 0.05) is 19.9 Å². The molecule has 0 bridgehead atoms. The highest BCUT2D eigenvalue weighted by Gasteiger charge is 2.33. The molecular formula is C53H50BrN3O11. The number of halogens is 1. The van der Waals surface area contributed by atoms with Crippen LogP contribution in [0.5, 0.6) is 11.5 Å². The summed E-state index contributed by atoms with van der Waals surface area (Å²) >= 11 is 3.10. The second-order valence-electron chi connectivity index (χ2n) is 15.5. The molecule has 0 saturated heterocycles. The van der Waals surface area contributed by atoms with E-state index in [1.165, 1.54) is 25.1 Å². The lowest BCUT2D eigenvalue weighted by atomic mass is 9.98. The molecule has 15 heteroatoms. The second-order valence-corrected chi connectivity index (χ2v) is 16.4. The molecule has 0 radical (unpaired) electrons. The molecule has 0 heterocycles. The monoisotopic (exact) mass is 983 g/mol. The van der Waals surface area contributed by atoms with E-state index in [1.54, 1.807) is 60.7 Å². The predicted molar refractivity (Wildman–Crippen MR) is 258 cm³/mol. The summed E-state index contributed by atoms with van der Waals surface area (Å²) in [6, 6.07) is 40.7. The minimum absolute atomic E-state index is 0.00318. The number of aromatic hydroxyl groups is 1. The molecule has 3 amide bonds. The molecule has 14 nitrogen and oxygen atoms in total. The molecule has 0 aromatic heterocycles. The third-order valence-electron chi connectivity index (χ3n) is 10.7. The zero-order valence-electron chi connectivity index (χ0n) is 37.4. The second kappa shape index (κ2) is 24.1. The van der Waals surface area contributed by atoms with Crippen molar-refractivity contribution in [1.82, 2.24) is 10.6 Å². The van der Waals surface area contributed by atoms with Gasteiger partial charge >= 0.3 is 23.8 Å². The summed E-state index contributed by atoms with van der Waals surface area (Å²) in [6.07, 6.45) is 0.473. The molecule has 6 rings (SSSR count). The number of nitrogens with one attached hydrogen (secondary N) is 2. The van der Waals surface area contributed by atoms with Gasteiger partial charge < -0.3 is 35.1 Å². The van der Waals surface area contributed by atoms with Crippen LogP contribution in [0.15, 0.2) is 150 Å². The van der Waals surface area contributed by atoms with Crippen LogP contribution >= 0.6 is 15.9 Å². The van der Waals surface area contributed by atoms with Crippen molar-refractivity contribution >= 4 is 62.9 Å². The highest BCUT2D eigenvalue weighted by molar-refractivity contribution is 9.10. The summed E-state index contributed by atoms with van der Waals surface area (Å²) in [5.41, 5.74) is 3.29. The van der Waals surface area contributed by atoms with E-state index in [4.69, 9.17) is 14.2 Å². The van der Waals surface area contributed by atoms with Gasteiger partial charge in [0.25, 0.3) is 0 Å². The van der Waals surface area contributed by atoms with Crippen LogP contribution in [0, 0.1) is 0 Å². The van der Waals surface area contributed by atoms with Crippen LogP contribution in [0.2, 0.25) is 0 Å². The van der Waals surface area contributed by atoms with E-state index in [9.17, 15) is 39.0 Å². The van der Waals surface area contributed by atoms with Crippen LogP contribution in [0.25, 0.3) is 0 Å². The molecule has 0 saturated carbocycles. The predicted octanol–water partition coefficient (Wildman–Crippen LogP) is 8.79. The van der Waals surface area contributed by atoms with Crippen LogP contribution in [0.3, 0.4) is 0 Å². The first-order valence-corrected chi connectivity index (χ1v) is 22.6. The lowest BCUT2D eigenvalue weighted by Gasteiger charge is -2.27. The molecule has 4 N–H and O–H groups in total. The third-order valence-corrected chi connectivity index (χ3v) is 11.4. The fourth-order valence-corrected chi connectivity index (χ4v) is 7.73. The van der Waals surface area contributed by atoms with E-state index in [1.807, 2.05) is 73.7 Å². The highest BCUT2D eigenvalue weighted by Crippen LogP contribution is 2.37. The largest absolute Gasteiger partial charge is 0.506 e. The van der Waals surface area contributed by atoms with E-state index < -0.39 is 53.5 Å². The average Bonchev–Trinajstić information content (AvgIpc) is 3.35. The van der Waals surface area contributed by atoms with Crippen LogP contribution in [-0.4, -0.2) is 65.0 Å². The molecule has 0 aliphatic rings. The Morgan fingerprint density at radius 2 is 1.37 bits per heavy atom. The van der Waals surface area contributed by atoms with Gasteiger partial charge in [-0.15, -0.1) is 0 Å². The number of aryl methyl sites for hydroxylation is 1. The number of amides is 3. The number of anilines is 2. The van der Waals surface area contributed by atoms with Crippen molar-refractivity contribution in [3.8, 4) is 11.5 Å². The number of carboxylic acid groups (broad SMARTS) is 1. The lowest BCUT2D eigenvalue weighted by Crippen LogP contribution is -2.47. The van der Waals surface area contributed by atoms with Crippen molar-refractivity contribution in [3.63, 3.8) is 0 Å². The molecule has 1 unspecified atom stereocenters. The van der Waals surface area contributed by atoms with Gasteiger partial charge in [-0.05, 0) is 93.3 Å². The summed E-state index contributed by atoms with van der Waals surface area (Å²) < 4.78 is 17.6. The van der Waals surface area contributed by atoms with Gasteiger partial charge in [0.2, 0.25) is 11.8 Å². The van der Waals surface area contributed by atoms with E-state index in [0.29, 0.717) is 36.0 Å². The molecule has 0 spiro atoms. The molecular weight excluding hydrogens is 934 g/mol. The number of ether oxygens (including phenoxy) is 3. The van der Waals surface area contributed by atoms with E-state index in [2.05, 4.69) is 26.6 Å². The normalized spacial score (nSPS) is 11.2. The summed E-state index contributed by atoms with van der Waals surface area (Å²) in [5.74, 6) is -5.67. The number of carbonyl (C=O) groups is 6.